The number of H-pyrrole nitrogens is 1. The molecule has 0 spiro atoms. The molecule has 5 rings (SSSR count). The van der Waals surface area contributed by atoms with Crippen LogP contribution in [-0.2, 0) is 0 Å². The van der Waals surface area contributed by atoms with Gasteiger partial charge in [0.25, 0.3) is 11.5 Å². The summed E-state index contributed by atoms with van der Waals surface area (Å²) in [6.45, 7) is 8.12. The first-order valence-electron chi connectivity index (χ1n) is 11.5. The minimum absolute atomic E-state index is 0.152. The molecular formula is C26H25N7O3. The van der Waals surface area contributed by atoms with Gasteiger partial charge in [-0.25, -0.2) is 4.68 Å². The predicted molar refractivity (Wildman–Crippen MR) is 136 cm³/mol. The number of fused-ring (bicyclic) bond motifs is 1. The summed E-state index contributed by atoms with van der Waals surface area (Å²) in [4.78, 5) is 33.4. The Morgan fingerprint density at radius 3 is 2.64 bits per heavy atom. The van der Waals surface area contributed by atoms with E-state index in [-0.39, 0.29) is 17.4 Å². The number of hydrogen-bond donors (Lipinski definition) is 2. The van der Waals surface area contributed by atoms with Gasteiger partial charge in [0.2, 0.25) is 5.95 Å². The van der Waals surface area contributed by atoms with Gasteiger partial charge in [0.05, 0.1) is 29.7 Å². The summed E-state index contributed by atoms with van der Waals surface area (Å²) in [5.74, 6) is 0.609. The number of hydrogen-bond acceptors (Lipinski definition) is 6. The van der Waals surface area contributed by atoms with Crippen LogP contribution < -0.4 is 15.6 Å². The summed E-state index contributed by atoms with van der Waals surface area (Å²) < 4.78 is 8.61. The number of aryl methyl sites for hydroxylation is 3. The zero-order valence-corrected chi connectivity index (χ0v) is 20.4. The van der Waals surface area contributed by atoms with Crippen molar-refractivity contribution in [2.45, 2.75) is 27.7 Å². The molecule has 0 aliphatic carbocycles. The summed E-state index contributed by atoms with van der Waals surface area (Å²) in [5, 5.41) is 12.1. The minimum Gasteiger partial charge on any atom is -0.493 e. The van der Waals surface area contributed by atoms with Gasteiger partial charge in [-0.3, -0.25) is 14.6 Å². The number of nitrogens with one attached hydrogen (secondary N) is 2. The Balaban J connectivity index is 1.57. The van der Waals surface area contributed by atoms with E-state index >= 15 is 0 Å². The van der Waals surface area contributed by atoms with Crippen LogP contribution in [0.15, 0.2) is 59.5 Å². The van der Waals surface area contributed by atoms with Gasteiger partial charge < -0.3 is 10.1 Å². The van der Waals surface area contributed by atoms with Gasteiger partial charge in [0.15, 0.2) is 5.65 Å². The van der Waals surface area contributed by atoms with E-state index in [1.54, 1.807) is 41.9 Å². The average Bonchev–Trinajstić information content (AvgIpc) is 3.45. The number of aromatic nitrogens is 6. The molecule has 36 heavy (non-hydrogen) atoms. The second-order valence-electron chi connectivity index (χ2n) is 8.42. The van der Waals surface area contributed by atoms with E-state index in [4.69, 9.17) is 4.74 Å². The van der Waals surface area contributed by atoms with Gasteiger partial charge >= 0.3 is 0 Å². The van der Waals surface area contributed by atoms with Crippen LogP contribution in [0.25, 0.3) is 22.7 Å². The maximum absolute atomic E-state index is 13.1. The largest absolute Gasteiger partial charge is 0.493 e. The van der Waals surface area contributed by atoms with Crippen LogP contribution >= 0.6 is 0 Å². The molecule has 0 unspecified atom stereocenters. The molecule has 0 aliphatic rings. The molecule has 0 radical (unpaired) electrons. The molecule has 3 aromatic heterocycles. The molecule has 0 aliphatic heterocycles. The fourth-order valence-electron chi connectivity index (χ4n) is 3.92. The highest BCUT2D eigenvalue weighted by Crippen LogP contribution is 2.22. The maximum atomic E-state index is 13.1. The summed E-state index contributed by atoms with van der Waals surface area (Å²) in [6.07, 6.45) is 1.49. The lowest BCUT2D eigenvalue weighted by Crippen LogP contribution is -2.19. The van der Waals surface area contributed by atoms with E-state index in [0.29, 0.717) is 40.5 Å². The van der Waals surface area contributed by atoms with Crippen LogP contribution in [-0.4, -0.2) is 42.0 Å². The molecule has 2 N–H and O–H groups in total. The van der Waals surface area contributed by atoms with Gasteiger partial charge in [-0.15, -0.1) is 0 Å². The van der Waals surface area contributed by atoms with Crippen molar-refractivity contribution in [1.29, 1.82) is 0 Å². The number of anilines is 1. The second-order valence-corrected chi connectivity index (χ2v) is 8.42. The van der Waals surface area contributed by atoms with Gasteiger partial charge in [-0.05, 0) is 63.1 Å². The first-order chi connectivity index (χ1) is 17.4. The number of ether oxygens (including phenoxy) is 1. The highest BCUT2D eigenvalue weighted by Gasteiger charge is 2.19. The molecule has 10 heteroatoms. The lowest BCUT2D eigenvalue weighted by Gasteiger charge is -2.11. The summed E-state index contributed by atoms with van der Waals surface area (Å²) in [5.41, 5.74) is 4.07. The summed E-state index contributed by atoms with van der Waals surface area (Å²) in [7, 11) is 0. The van der Waals surface area contributed by atoms with Crippen molar-refractivity contribution in [3.8, 4) is 17.4 Å². The number of aromatic amines is 1. The predicted octanol–water partition coefficient (Wildman–Crippen LogP) is 3.87. The molecule has 0 saturated heterocycles. The standard InChI is InChI=1S/C26H25N7O3/c1-5-36-21-9-7-6-8-19(21)24(34)28-22-13-17(4)31-33(22)26-29-23-20(25(35)30-26)14-27-32(23)18-11-10-15(2)16(3)12-18/h6-14H,5H2,1-4H3,(H,28,34)(H,29,30,35). The number of rotatable bonds is 6. The average molecular weight is 484 g/mol. The third kappa shape index (κ3) is 4.13. The number of para-hydroxylation sites is 1. The molecule has 2 aromatic carbocycles. The second kappa shape index (κ2) is 9.14. The van der Waals surface area contributed by atoms with Crippen molar-refractivity contribution < 1.29 is 9.53 Å². The number of carbonyl (C=O) groups is 1. The molecule has 0 bridgehead atoms. The first kappa shape index (κ1) is 23.0. The minimum atomic E-state index is -0.371. The molecule has 0 fully saturated rings. The zero-order chi connectivity index (χ0) is 25.4. The quantitative estimate of drug-likeness (QED) is 0.378. The van der Waals surface area contributed by atoms with E-state index in [9.17, 15) is 9.59 Å². The topological polar surface area (TPSA) is 120 Å². The SMILES string of the molecule is CCOc1ccccc1C(=O)Nc1cc(C)nn1-c1nc2c(cnn2-c2ccc(C)c(C)c2)c(=O)[nH]1. The Hall–Kier alpha value is -4.73. The number of benzene rings is 2. The van der Waals surface area contributed by atoms with E-state index in [2.05, 4.69) is 25.5 Å². The van der Waals surface area contributed by atoms with Crippen molar-refractivity contribution in [2.24, 2.45) is 0 Å². The molecular weight excluding hydrogens is 458 g/mol. The fourth-order valence-corrected chi connectivity index (χ4v) is 3.92. The smallest absolute Gasteiger partial charge is 0.263 e. The van der Waals surface area contributed by atoms with E-state index in [1.165, 1.54) is 10.9 Å². The summed E-state index contributed by atoms with van der Waals surface area (Å²) in [6, 6.07) is 14.6. The third-order valence-electron chi connectivity index (χ3n) is 5.87. The van der Waals surface area contributed by atoms with Gasteiger partial charge in [0.1, 0.15) is 17.0 Å². The Kier molecular flexibility index (Phi) is 5.85. The molecule has 1 amide bonds. The van der Waals surface area contributed by atoms with Crippen molar-refractivity contribution in [3.63, 3.8) is 0 Å². The zero-order valence-electron chi connectivity index (χ0n) is 20.4. The van der Waals surface area contributed by atoms with E-state index in [1.807, 2.05) is 39.0 Å². The van der Waals surface area contributed by atoms with Gasteiger partial charge in [-0.1, -0.05) is 18.2 Å². The molecule has 5 aromatic rings. The number of carbonyl (C=O) groups excluding carboxylic acids is 1. The first-order valence-corrected chi connectivity index (χ1v) is 11.5. The highest BCUT2D eigenvalue weighted by molar-refractivity contribution is 6.05. The Morgan fingerprint density at radius 1 is 1.06 bits per heavy atom. The highest BCUT2D eigenvalue weighted by atomic mass is 16.5. The molecule has 0 saturated carbocycles. The van der Waals surface area contributed by atoms with Gasteiger partial charge in [-0.2, -0.15) is 19.9 Å². The third-order valence-corrected chi connectivity index (χ3v) is 5.87. The molecule has 3 heterocycles. The molecule has 182 valence electrons. The van der Waals surface area contributed by atoms with Crippen LogP contribution in [0.3, 0.4) is 0 Å². The normalized spacial score (nSPS) is 11.1. The Bertz CT molecular complexity index is 1660. The van der Waals surface area contributed by atoms with E-state index in [0.717, 1.165) is 16.8 Å². The van der Waals surface area contributed by atoms with Crippen LogP contribution in [0.5, 0.6) is 5.75 Å². The van der Waals surface area contributed by atoms with Gasteiger partial charge in [0, 0.05) is 6.07 Å². The number of amides is 1. The van der Waals surface area contributed by atoms with Crippen LogP contribution in [0.1, 0.15) is 34.1 Å². The van der Waals surface area contributed by atoms with Crippen LogP contribution in [0.4, 0.5) is 5.82 Å². The molecule has 10 nitrogen and oxygen atoms in total. The lowest BCUT2D eigenvalue weighted by atomic mass is 10.1. The van der Waals surface area contributed by atoms with E-state index < -0.39 is 0 Å². The van der Waals surface area contributed by atoms with Crippen molar-refractivity contribution >= 4 is 22.8 Å². The Morgan fingerprint density at radius 2 is 1.86 bits per heavy atom. The Labute approximate surface area is 206 Å². The van der Waals surface area contributed by atoms with Crippen molar-refractivity contribution in [1.82, 2.24) is 29.5 Å². The fraction of sp³-hybridized carbons (Fsp3) is 0.192. The maximum Gasteiger partial charge on any atom is 0.263 e. The molecule has 0 atom stereocenters. The lowest BCUT2D eigenvalue weighted by molar-refractivity contribution is 0.102. The van der Waals surface area contributed by atoms with Crippen LogP contribution in [0.2, 0.25) is 0 Å². The monoisotopic (exact) mass is 483 g/mol. The van der Waals surface area contributed by atoms with Crippen molar-refractivity contribution in [2.75, 3.05) is 11.9 Å². The van der Waals surface area contributed by atoms with Crippen LogP contribution in [0, 0.1) is 20.8 Å². The summed E-state index contributed by atoms with van der Waals surface area (Å²) >= 11 is 0. The number of nitrogens with zero attached hydrogens (tertiary/aromatic N) is 5. The van der Waals surface area contributed by atoms with Crippen molar-refractivity contribution in [3.05, 3.63) is 87.5 Å².